The van der Waals surface area contributed by atoms with E-state index in [1.165, 1.54) is 0 Å². The highest BCUT2D eigenvalue weighted by molar-refractivity contribution is 5.83. The predicted octanol–water partition coefficient (Wildman–Crippen LogP) is 1.08. The Morgan fingerprint density at radius 1 is 1.55 bits per heavy atom. The summed E-state index contributed by atoms with van der Waals surface area (Å²) in [6.45, 7) is 6.81. The third-order valence-corrected chi connectivity index (χ3v) is 4.48. The smallest absolute Gasteiger partial charge is 0.227 e. The Bertz CT molecular complexity index is 297. The summed E-state index contributed by atoms with van der Waals surface area (Å²) in [7, 11) is 0. The lowest BCUT2D eigenvalue weighted by molar-refractivity contribution is -0.130. The quantitative estimate of drug-likeness (QED) is 0.655. The van der Waals surface area contributed by atoms with Gasteiger partial charge in [-0.25, -0.2) is 0 Å². The first-order valence-electron chi connectivity index (χ1n) is 7.95. The van der Waals surface area contributed by atoms with Crippen LogP contribution in [0.4, 0.5) is 0 Å². The summed E-state index contributed by atoms with van der Waals surface area (Å²) >= 11 is 0. The van der Waals surface area contributed by atoms with Gasteiger partial charge in [0.15, 0.2) is 0 Å². The van der Waals surface area contributed by atoms with Crippen molar-refractivity contribution >= 4 is 5.91 Å². The normalized spacial score (nSPS) is 29.8. The van der Waals surface area contributed by atoms with Gasteiger partial charge in [0, 0.05) is 26.3 Å². The highest BCUT2D eigenvalue weighted by Gasteiger charge is 2.38. The molecular weight excluding hydrogens is 256 g/mol. The number of nitrogens with one attached hydrogen (secondary N) is 2. The lowest BCUT2D eigenvalue weighted by Crippen LogP contribution is -2.42. The number of amides is 1. The molecule has 0 aromatic heterocycles. The van der Waals surface area contributed by atoms with Crippen molar-refractivity contribution in [3.63, 3.8) is 0 Å². The van der Waals surface area contributed by atoms with Gasteiger partial charge in [0.1, 0.15) is 0 Å². The molecule has 0 bridgehead atoms. The Morgan fingerprint density at radius 2 is 2.45 bits per heavy atom. The van der Waals surface area contributed by atoms with Crippen molar-refractivity contribution in [3.8, 4) is 0 Å². The molecule has 1 amide bonds. The molecule has 0 radical (unpaired) electrons. The lowest BCUT2D eigenvalue weighted by atomic mass is 9.83. The fourth-order valence-electron chi connectivity index (χ4n) is 2.95. The van der Waals surface area contributed by atoms with Crippen molar-refractivity contribution in [2.45, 2.75) is 45.1 Å². The van der Waals surface area contributed by atoms with E-state index in [1.807, 2.05) is 0 Å². The van der Waals surface area contributed by atoms with Crippen molar-refractivity contribution in [1.82, 2.24) is 10.6 Å². The summed E-state index contributed by atoms with van der Waals surface area (Å²) in [5, 5.41) is 6.34. The number of hydrogen-bond donors (Lipinski definition) is 2. The van der Waals surface area contributed by atoms with E-state index in [-0.39, 0.29) is 17.4 Å². The first-order valence-corrected chi connectivity index (χ1v) is 7.95. The molecule has 5 nitrogen and oxygen atoms in total. The van der Waals surface area contributed by atoms with Gasteiger partial charge < -0.3 is 20.1 Å². The summed E-state index contributed by atoms with van der Waals surface area (Å²) in [4.78, 5) is 12.2. The summed E-state index contributed by atoms with van der Waals surface area (Å²) in [6.07, 6.45) is 5.27. The highest BCUT2D eigenvalue weighted by Crippen LogP contribution is 2.29. The van der Waals surface area contributed by atoms with E-state index >= 15 is 0 Å². The van der Waals surface area contributed by atoms with Crippen LogP contribution >= 0.6 is 0 Å². The van der Waals surface area contributed by atoms with Crippen LogP contribution in [-0.2, 0) is 14.3 Å². The van der Waals surface area contributed by atoms with Gasteiger partial charge >= 0.3 is 0 Å². The van der Waals surface area contributed by atoms with Crippen LogP contribution < -0.4 is 10.6 Å². The minimum atomic E-state index is -0.182. The van der Waals surface area contributed by atoms with Crippen LogP contribution in [0, 0.1) is 5.41 Å². The third-order valence-electron chi connectivity index (χ3n) is 4.48. The van der Waals surface area contributed by atoms with Crippen molar-refractivity contribution in [2.75, 3.05) is 39.5 Å². The molecule has 0 spiro atoms. The summed E-state index contributed by atoms with van der Waals surface area (Å²) in [5.41, 5.74) is -0.182. The van der Waals surface area contributed by atoms with Gasteiger partial charge in [-0.05, 0) is 38.6 Å². The second-order valence-electron chi connectivity index (χ2n) is 5.88. The molecule has 2 rings (SSSR count). The molecule has 2 heterocycles. The molecule has 0 aliphatic carbocycles. The summed E-state index contributed by atoms with van der Waals surface area (Å²) < 4.78 is 11.1. The van der Waals surface area contributed by atoms with E-state index in [9.17, 15) is 4.79 Å². The average Bonchev–Trinajstić information content (AvgIpc) is 3.13. The fourth-order valence-corrected chi connectivity index (χ4v) is 2.95. The van der Waals surface area contributed by atoms with E-state index in [1.54, 1.807) is 0 Å². The molecule has 5 heteroatoms. The van der Waals surface area contributed by atoms with Gasteiger partial charge in [0.2, 0.25) is 5.91 Å². The van der Waals surface area contributed by atoms with Crippen LogP contribution in [0.1, 0.15) is 39.0 Å². The molecule has 116 valence electrons. The van der Waals surface area contributed by atoms with Crippen molar-refractivity contribution < 1.29 is 14.3 Å². The van der Waals surface area contributed by atoms with Crippen molar-refractivity contribution in [2.24, 2.45) is 5.41 Å². The molecule has 2 aliphatic heterocycles. The van der Waals surface area contributed by atoms with Gasteiger partial charge in [-0.1, -0.05) is 6.92 Å². The van der Waals surface area contributed by atoms with E-state index in [0.29, 0.717) is 19.8 Å². The minimum Gasteiger partial charge on any atom is -0.379 e. The molecular formula is C15H28N2O3. The van der Waals surface area contributed by atoms with Gasteiger partial charge in [-0.2, -0.15) is 0 Å². The van der Waals surface area contributed by atoms with Crippen LogP contribution in [0.25, 0.3) is 0 Å². The molecule has 2 aliphatic rings. The Labute approximate surface area is 121 Å². The van der Waals surface area contributed by atoms with Crippen LogP contribution in [0.15, 0.2) is 0 Å². The zero-order valence-electron chi connectivity index (χ0n) is 12.6. The molecule has 2 N–H and O–H groups in total. The van der Waals surface area contributed by atoms with E-state index < -0.39 is 0 Å². The SMILES string of the molecule is CCC1(C(=O)NCCCOCC2CCCO2)CCNC1. The Kier molecular flexibility index (Phi) is 6.26. The zero-order chi connectivity index (χ0) is 14.3. The molecule has 20 heavy (non-hydrogen) atoms. The number of carbonyl (C=O) groups excluding carboxylic acids is 1. The largest absolute Gasteiger partial charge is 0.379 e. The Balaban J connectivity index is 1.52. The van der Waals surface area contributed by atoms with Gasteiger partial charge in [0.25, 0.3) is 0 Å². The first kappa shape index (κ1) is 15.7. The van der Waals surface area contributed by atoms with E-state index in [0.717, 1.165) is 51.8 Å². The Hall–Kier alpha value is -0.650. The minimum absolute atomic E-state index is 0.182. The molecule has 0 saturated carbocycles. The van der Waals surface area contributed by atoms with Gasteiger partial charge in [-0.15, -0.1) is 0 Å². The monoisotopic (exact) mass is 284 g/mol. The number of ether oxygens (including phenoxy) is 2. The molecule has 2 atom stereocenters. The second kappa shape index (κ2) is 7.96. The fraction of sp³-hybridized carbons (Fsp3) is 0.933. The van der Waals surface area contributed by atoms with Crippen molar-refractivity contribution in [1.29, 1.82) is 0 Å². The van der Waals surface area contributed by atoms with Crippen molar-refractivity contribution in [3.05, 3.63) is 0 Å². The number of carbonyl (C=O) groups is 1. The number of hydrogen-bond acceptors (Lipinski definition) is 4. The maximum atomic E-state index is 12.2. The zero-order valence-corrected chi connectivity index (χ0v) is 12.6. The van der Waals surface area contributed by atoms with Crippen LogP contribution in [0.5, 0.6) is 0 Å². The third kappa shape index (κ3) is 4.17. The van der Waals surface area contributed by atoms with E-state index in [4.69, 9.17) is 9.47 Å². The second-order valence-corrected chi connectivity index (χ2v) is 5.88. The summed E-state index contributed by atoms with van der Waals surface area (Å²) in [5.74, 6) is 0.198. The average molecular weight is 284 g/mol. The summed E-state index contributed by atoms with van der Waals surface area (Å²) in [6, 6.07) is 0. The highest BCUT2D eigenvalue weighted by atomic mass is 16.5. The molecule has 2 unspecified atom stereocenters. The van der Waals surface area contributed by atoms with Crippen LogP contribution in [-0.4, -0.2) is 51.5 Å². The Morgan fingerprint density at radius 3 is 3.10 bits per heavy atom. The van der Waals surface area contributed by atoms with Crippen LogP contribution in [0.3, 0.4) is 0 Å². The molecule has 2 fully saturated rings. The standard InChI is InChI=1S/C15H28N2O3/c1-2-15(6-8-16-12-15)14(18)17-7-4-9-19-11-13-5-3-10-20-13/h13,16H,2-12H2,1H3,(H,17,18). The first-order chi connectivity index (χ1) is 9.77. The van der Waals surface area contributed by atoms with Gasteiger partial charge in [-0.3, -0.25) is 4.79 Å². The molecule has 0 aromatic carbocycles. The predicted molar refractivity (Wildman–Crippen MR) is 77.6 cm³/mol. The molecule has 0 aromatic rings. The van der Waals surface area contributed by atoms with Crippen LogP contribution in [0.2, 0.25) is 0 Å². The molecule has 2 saturated heterocycles. The van der Waals surface area contributed by atoms with Gasteiger partial charge in [0.05, 0.1) is 18.1 Å². The van der Waals surface area contributed by atoms with E-state index in [2.05, 4.69) is 17.6 Å². The lowest BCUT2D eigenvalue weighted by Gasteiger charge is -2.25. The maximum Gasteiger partial charge on any atom is 0.227 e. The topological polar surface area (TPSA) is 59.6 Å². The maximum absolute atomic E-state index is 12.2. The number of rotatable bonds is 8.